The Balaban J connectivity index is 4.12. The Hall–Kier alpha value is -4.19. The van der Waals surface area contributed by atoms with Crippen LogP contribution in [0.5, 0.6) is 0 Å². The molecule has 0 saturated heterocycles. The second-order valence-electron chi connectivity index (χ2n) is 21.6. The fourth-order valence-electron chi connectivity index (χ4n) is 9.09. The smallest absolute Gasteiger partial charge is 0.306 e. The first-order valence-electron chi connectivity index (χ1n) is 33.0. The highest BCUT2D eigenvalue weighted by Crippen LogP contribution is 2.16. The van der Waals surface area contributed by atoms with Crippen LogP contribution in [0.1, 0.15) is 303 Å². The van der Waals surface area contributed by atoms with Crippen molar-refractivity contribution in [3.63, 3.8) is 0 Å². The number of carbonyl (C=O) groups is 3. The van der Waals surface area contributed by atoms with E-state index < -0.39 is 6.10 Å². The lowest BCUT2D eigenvalue weighted by molar-refractivity contribution is -0.167. The second kappa shape index (κ2) is 66.3. The minimum absolute atomic E-state index is 0.0804. The zero-order chi connectivity index (χ0) is 57.1. The van der Waals surface area contributed by atoms with E-state index in [9.17, 15) is 14.4 Å². The zero-order valence-corrected chi connectivity index (χ0v) is 51.6. The van der Waals surface area contributed by atoms with Crippen LogP contribution in [-0.2, 0) is 28.6 Å². The summed E-state index contributed by atoms with van der Waals surface area (Å²) >= 11 is 0. The third kappa shape index (κ3) is 64.5. The van der Waals surface area contributed by atoms with Gasteiger partial charge in [0.15, 0.2) is 6.10 Å². The largest absolute Gasteiger partial charge is 0.462 e. The summed E-state index contributed by atoms with van der Waals surface area (Å²) in [6.45, 7) is 6.40. The number of rotatable bonds is 59. The van der Waals surface area contributed by atoms with Crippen molar-refractivity contribution in [1.82, 2.24) is 0 Å². The fourth-order valence-corrected chi connectivity index (χ4v) is 9.09. The molecule has 0 aliphatic rings. The Labute approximate surface area is 488 Å². The molecule has 1 atom stereocenters. The Kier molecular flexibility index (Phi) is 62.8. The third-order valence-corrected chi connectivity index (χ3v) is 14.0. The van der Waals surface area contributed by atoms with Gasteiger partial charge in [0.05, 0.1) is 0 Å². The van der Waals surface area contributed by atoms with Crippen molar-refractivity contribution in [3.8, 4) is 0 Å². The summed E-state index contributed by atoms with van der Waals surface area (Å²) in [5, 5.41) is 0. The Morgan fingerprint density at radius 1 is 0.266 bits per heavy atom. The van der Waals surface area contributed by atoms with Gasteiger partial charge in [0.1, 0.15) is 13.2 Å². The van der Waals surface area contributed by atoms with Crippen LogP contribution in [0.2, 0.25) is 0 Å². The second-order valence-corrected chi connectivity index (χ2v) is 21.6. The van der Waals surface area contributed by atoms with Gasteiger partial charge in [0, 0.05) is 19.3 Å². The molecule has 0 aromatic rings. The maximum atomic E-state index is 12.9. The van der Waals surface area contributed by atoms with Gasteiger partial charge in [-0.25, -0.2) is 0 Å². The summed E-state index contributed by atoms with van der Waals surface area (Å²) in [5.74, 6) is -0.888. The average molecular weight is 1100 g/mol. The quantitative estimate of drug-likeness (QED) is 0.0261. The van der Waals surface area contributed by atoms with E-state index in [4.69, 9.17) is 14.2 Å². The lowest BCUT2D eigenvalue weighted by Crippen LogP contribution is -2.30. The first kappa shape index (κ1) is 74.8. The summed E-state index contributed by atoms with van der Waals surface area (Å²) in [7, 11) is 0. The van der Waals surface area contributed by atoms with E-state index in [0.717, 1.165) is 128 Å². The normalized spacial score (nSPS) is 12.9. The summed E-state index contributed by atoms with van der Waals surface area (Å²) in [4.78, 5) is 38.2. The van der Waals surface area contributed by atoms with Gasteiger partial charge in [-0.05, 0) is 109 Å². The third-order valence-electron chi connectivity index (χ3n) is 14.0. The molecule has 0 aromatic heterocycles. The highest BCUT2D eigenvalue weighted by Gasteiger charge is 2.19. The Morgan fingerprint density at radius 3 is 0.772 bits per heavy atom. The van der Waals surface area contributed by atoms with Gasteiger partial charge in [-0.15, -0.1) is 0 Å². The van der Waals surface area contributed by atoms with Gasteiger partial charge in [-0.2, -0.15) is 0 Å². The monoisotopic (exact) mass is 1090 g/mol. The number of allylic oxidation sites excluding steroid dienone is 20. The van der Waals surface area contributed by atoms with Crippen LogP contribution in [0.4, 0.5) is 0 Å². The number of esters is 3. The van der Waals surface area contributed by atoms with Gasteiger partial charge >= 0.3 is 17.9 Å². The Bertz CT molecular complexity index is 1640. The highest BCUT2D eigenvalue weighted by atomic mass is 16.6. The van der Waals surface area contributed by atoms with Crippen LogP contribution in [0.15, 0.2) is 122 Å². The van der Waals surface area contributed by atoms with Crippen molar-refractivity contribution < 1.29 is 28.6 Å². The SMILES string of the molecule is CC/C=C\C/C=C\C/C=C\C/C=C\C/C=C\C/C=C\C/C=C\CCCCCCCCCCCCCCCC(=O)OCC(COC(=O)CCCCCCCCCCC)OC(=O)CCCCCCCCC/C=C\C/C=C\C/C=C\CC. The van der Waals surface area contributed by atoms with Crippen LogP contribution in [0.3, 0.4) is 0 Å². The minimum Gasteiger partial charge on any atom is -0.462 e. The van der Waals surface area contributed by atoms with Crippen LogP contribution in [-0.4, -0.2) is 37.2 Å². The first-order valence-corrected chi connectivity index (χ1v) is 33.0. The van der Waals surface area contributed by atoms with E-state index in [1.54, 1.807) is 0 Å². The molecular weight excluding hydrogens is 973 g/mol. The molecular formula is C73H122O6. The number of unbranched alkanes of at least 4 members (excludes halogenated alkanes) is 28. The first-order chi connectivity index (χ1) is 39.0. The topological polar surface area (TPSA) is 78.9 Å². The van der Waals surface area contributed by atoms with E-state index >= 15 is 0 Å². The van der Waals surface area contributed by atoms with Crippen molar-refractivity contribution in [2.45, 2.75) is 309 Å². The van der Waals surface area contributed by atoms with Crippen LogP contribution >= 0.6 is 0 Å². The predicted molar refractivity (Wildman–Crippen MR) is 343 cm³/mol. The molecule has 450 valence electrons. The average Bonchev–Trinajstić information content (AvgIpc) is 3.45. The van der Waals surface area contributed by atoms with Crippen LogP contribution in [0.25, 0.3) is 0 Å². The summed E-state index contributed by atoms with van der Waals surface area (Å²) < 4.78 is 16.9. The maximum Gasteiger partial charge on any atom is 0.306 e. The molecule has 0 radical (unpaired) electrons. The molecule has 0 aliphatic heterocycles. The van der Waals surface area contributed by atoms with Gasteiger partial charge in [0.25, 0.3) is 0 Å². The van der Waals surface area contributed by atoms with Gasteiger partial charge < -0.3 is 14.2 Å². The van der Waals surface area contributed by atoms with Gasteiger partial charge in [-0.3, -0.25) is 14.4 Å². The van der Waals surface area contributed by atoms with E-state index in [0.29, 0.717) is 19.3 Å². The summed E-state index contributed by atoms with van der Waals surface area (Å²) in [6.07, 6.45) is 92.3. The van der Waals surface area contributed by atoms with Crippen molar-refractivity contribution >= 4 is 17.9 Å². The molecule has 6 heteroatoms. The van der Waals surface area contributed by atoms with E-state index in [-0.39, 0.29) is 31.1 Å². The lowest BCUT2D eigenvalue weighted by atomic mass is 10.0. The van der Waals surface area contributed by atoms with E-state index in [2.05, 4.69) is 142 Å². The molecule has 0 rings (SSSR count). The maximum absolute atomic E-state index is 12.9. The summed E-state index contributed by atoms with van der Waals surface area (Å²) in [6, 6.07) is 0. The molecule has 79 heavy (non-hydrogen) atoms. The van der Waals surface area contributed by atoms with E-state index in [1.165, 1.54) is 135 Å². The molecule has 0 aliphatic carbocycles. The number of hydrogen-bond acceptors (Lipinski definition) is 6. The molecule has 0 spiro atoms. The summed E-state index contributed by atoms with van der Waals surface area (Å²) in [5.41, 5.74) is 0. The van der Waals surface area contributed by atoms with Crippen molar-refractivity contribution in [3.05, 3.63) is 122 Å². The standard InChI is InChI=1S/C73H122O6/c1-4-7-10-13-16-19-21-23-25-27-28-29-30-31-32-33-34-35-36-37-38-39-40-41-42-43-44-46-47-49-51-54-57-60-63-66-72(75)78-69-70(68-77-71(74)65-62-59-56-53-18-15-12-9-6-3)79-73(76)67-64-61-58-55-52-50-48-45-26-24-22-20-17-14-11-8-5-2/h7-8,10-11,16-17,19-20,23-26,28-29,31-32,34-35,37-38,70H,4-6,9,12-15,18,21-22,27,30,33,36,39-69H2,1-3H3/b10-7-,11-8-,19-16-,20-17-,25-23-,26-24-,29-28-,32-31-,35-34-,38-37-. The molecule has 0 saturated carbocycles. The molecule has 1 unspecified atom stereocenters. The highest BCUT2D eigenvalue weighted by molar-refractivity contribution is 5.71. The molecule has 0 heterocycles. The van der Waals surface area contributed by atoms with Gasteiger partial charge in [-0.1, -0.05) is 296 Å². The Morgan fingerprint density at radius 2 is 0.494 bits per heavy atom. The number of hydrogen-bond donors (Lipinski definition) is 0. The number of carbonyl (C=O) groups excluding carboxylic acids is 3. The van der Waals surface area contributed by atoms with Crippen molar-refractivity contribution in [1.29, 1.82) is 0 Å². The van der Waals surface area contributed by atoms with Gasteiger partial charge in [0.2, 0.25) is 0 Å². The fraction of sp³-hybridized carbons (Fsp3) is 0.685. The van der Waals surface area contributed by atoms with Crippen molar-refractivity contribution in [2.24, 2.45) is 0 Å². The molecule has 0 fully saturated rings. The predicted octanol–water partition coefficient (Wildman–Crippen LogP) is 22.8. The van der Waals surface area contributed by atoms with Crippen molar-refractivity contribution in [2.75, 3.05) is 13.2 Å². The van der Waals surface area contributed by atoms with Crippen LogP contribution < -0.4 is 0 Å². The number of ether oxygens (including phenoxy) is 3. The molecule has 0 bridgehead atoms. The molecule has 0 N–H and O–H groups in total. The molecule has 0 aromatic carbocycles. The lowest BCUT2D eigenvalue weighted by Gasteiger charge is -2.18. The zero-order valence-electron chi connectivity index (χ0n) is 51.6. The van der Waals surface area contributed by atoms with E-state index in [1.807, 2.05) is 0 Å². The molecule has 0 amide bonds. The minimum atomic E-state index is -0.783. The molecule has 6 nitrogen and oxygen atoms in total. The van der Waals surface area contributed by atoms with Crippen LogP contribution in [0, 0.1) is 0 Å².